The highest BCUT2D eigenvalue weighted by Gasteiger charge is 2.29. The molecule has 9 heteroatoms. The van der Waals surface area contributed by atoms with Crippen molar-refractivity contribution in [1.29, 1.82) is 0 Å². The lowest BCUT2D eigenvalue weighted by atomic mass is 9.87. The number of hydrogen-bond donors (Lipinski definition) is 1. The Morgan fingerprint density at radius 2 is 1.80 bits per heavy atom. The van der Waals surface area contributed by atoms with Crippen LogP contribution in [0.2, 0.25) is 0 Å². The summed E-state index contributed by atoms with van der Waals surface area (Å²) in [6, 6.07) is 14.0. The molecule has 1 aliphatic heterocycles. The smallest absolute Gasteiger partial charge is 0.253 e. The van der Waals surface area contributed by atoms with Crippen LogP contribution in [0.4, 0.5) is 0 Å². The monoisotopic (exact) mass is 496 g/mol. The predicted molar refractivity (Wildman–Crippen MR) is 133 cm³/mol. The third-order valence-corrected chi connectivity index (χ3v) is 7.72. The van der Waals surface area contributed by atoms with E-state index in [1.165, 1.54) is 0 Å². The van der Waals surface area contributed by atoms with E-state index in [9.17, 15) is 13.2 Å². The van der Waals surface area contributed by atoms with Crippen molar-refractivity contribution < 1.29 is 17.7 Å². The Morgan fingerprint density at radius 3 is 2.40 bits per heavy atom. The molecule has 3 aromatic rings. The predicted octanol–water partition coefficient (Wildman–Crippen LogP) is 4.17. The first-order chi connectivity index (χ1) is 16.5. The number of hydrogen-bond acceptors (Lipinski definition) is 6. The first-order valence-corrected chi connectivity index (χ1v) is 13.3. The summed E-state index contributed by atoms with van der Waals surface area (Å²) in [6.45, 7) is 9.39. The van der Waals surface area contributed by atoms with Gasteiger partial charge in [-0.15, -0.1) is 0 Å². The van der Waals surface area contributed by atoms with Crippen LogP contribution < -0.4 is 4.72 Å². The largest absolute Gasteiger partial charge is 0.339 e. The molecule has 35 heavy (non-hydrogen) atoms. The number of aryl methyl sites for hydroxylation is 1. The van der Waals surface area contributed by atoms with Crippen LogP contribution in [0.5, 0.6) is 0 Å². The summed E-state index contributed by atoms with van der Waals surface area (Å²) in [5.41, 5.74) is 2.37. The molecule has 0 spiro atoms. The molecule has 1 atom stereocenters. The van der Waals surface area contributed by atoms with Crippen LogP contribution in [0.15, 0.2) is 57.9 Å². The van der Waals surface area contributed by atoms with Crippen molar-refractivity contribution >= 4 is 15.9 Å². The van der Waals surface area contributed by atoms with Crippen molar-refractivity contribution in [2.45, 2.75) is 63.3 Å². The zero-order chi connectivity index (χ0) is 25.2. The maximum absolute atomic E-state index is 13.0. The first kappa shape index (κ1) is 25.1. The van der Waals surface area contributed by atoms with Crippen molar-refractivity contribution in [2.75, 3.05) is 13.1 Å². The maximum Gasteiger partial charge on any atom is 0.253 e. The van der Waals surface area contributed by atoms with Gasteiger partial charge in [0.15, 0.2) is 5.82 Å². The van der Waals surface area contributed by atoms with E-state index < -0.39 is 10.0 Å². The topological polar surface area (TPSA) is 105 Å². The molecular formula is C26H32N4O4S. The summed E-state index contributed by atoms with van der Waals surface area (Å²) in [6.07, 6.45) is 1.78. The molecule has 0 bridgehead atoms. The van der Waals surface area contributed by atoms with Gasteiger partial charge >= 0.3 is 0 Å². The number of nitrogens with one attached hydrogen (secondary N) is 1. The standard InChI is InChI=1S/C26H32N4O4S/c1-18-28-24(34-29-18)21-6-5-15-30(17-21)25(31)20-9-7-19(8-10-20)16-27-35(32,33)23-13-11-22(12-14-23)26(2,3)4/h7-14,21,27H,5-6,15-17H2,1-4H3. The van der Waals surface area contributed by atoms with Crippen LogP contribution in [0.25, 0.3) is 0 Å². The molecule has 2 aromatic carbocycles. The van der Waals surface area contributed by atoms with Crippen molar-refractivity contribution in [1.82, 2.24) is 19.8 Å². The van der Waals surface area contributed by atoms with E-state index in [0.717, 1.165) is 24.0 Å². The molecule has 2 heterocycles. The number of benzene rings is 2. The molecular weight excluding hydrogens is 464 g/mol. The van der Waals surface area contributed by atoms with Gasteiger partial charge in [-0.25, -0.2) is 13.1 Å². The lowest BCUT2D eigenvalue weighted by molar-refractivity contribution is 0.0695. The van der Waals surface area contributed by atoms with Gasteiger partial charge in [-0.3, -0.25) is 4.79 Å². The van der Waals surface area contributed by atoms with Crippen LogP contribution in [0.3, 0.4) is 0 Å². The zero-order valence-electron chi connectivity index (χ0n) is 20.6. The highest BCUT2D eigenvalue weighted by molar-refractivity contribution is 7.89. The summed E-state index contributed by atoms with van der Waals surface area (Å²) >= 11 is 0. The van der Waals surface area contributed by atoms with Gasteiger partial charge in [-0.1, -0.05) is 50.2 Å². The Labute approximate surface area is 206 Å². The normalized spacial score (nSPS) is 16.9. The van der Waals surface area contributed by atoms with Crippen molar-refractivity contribution in [3.05, 3.63) is 76.9 Å². The molecule has 1 fully saturated rings. The fourth-order valence-electron chi connectivity index (χ4n) is 4.19. The lowest BCUT2D eigenvalue weighted by Crippen LogP contribution is -2.39. The van der Waals surface area contributed by atoms with E-state index in [1.54, 1.807) is 43.3 Å². The van der Waals surface area contributed by atoms with Crippen LogP contribution in [-0.2, 0) is 22.0 Å². The summed E-state index contributed by atoms with van der Waals surface area (Å²) in [7, 11) is -3.64. The van der Waals surface area contributed by atoms with Gasteiger partial charge < -0.3 is 9.42 Å². The van der Waals surface area contributed by atoms with Gasteiger partial charge in [-0.2, -0.15) is 4.98 Å². The minimum Gasteiger partial charge on any atom is -0.339 e. The highest BCUT2D eigenvalue weighted by Crippen LogP contribution is 2.27. The molecule has 186 valence electrons. The van der Waals surface area contributed by atoms with E-state index in [0.29, 0.717) is 30.4 Å². The van der Waals surface area contributed by atoms with Gasteiger partial charge in [-0.05, 0) is 60.6 Å². The molecule has 8 nitrogen and oxygen atoms in total. The second kappa shape index (κ2) is 9.91. The van der Waals surface area contributed by atoms with Gasteiger partial charge in [0.1, 0.15) is 0 Å². The molecule has 1 aromatic heterocycles. The number of carbonyl (C=O) groups is 1. The SMILES string of the molecule is Cc1noc(C2CCCN(C(=O)c3ccc(CNS(=O)(=O)c4ccc(C(C)(C)C)cc4)cc3)C2)n1. The Balaban J connectivity index is 1.36. The molecule has 0 aliphatic carbocycles. The third kappa shape index (κ3) is 5.97. The molecule has 1 N–H and O–H groups in total. The van der Waals surface area contributed by atoms with Gasteiger partial charge in [0.05, 0.1) is 10.8 Å². The van der Waals surface area contributed by atoms with Crippen molar-refractivity contribution in [3.63, 3.8) is 0 Å². The number of amides is 1. The third-order valence-electron chi connectivity index (χ3n) is 6.30. The molecule has 1 saturated heterocycles. The second-order valence-electron chi connectivity index (χ2n) is 10.1. The van der Waals surface area contributed by atoms with E-state index in [2.05, 4.69) is 35.6 Å². The molecule has 0 radical (unpaired) electrons. The zero-order valence-corrected chi connectivity index (χ0v) is 21.4. The quantitative estimate of drug-likeness (QED) is 0.549. The summed E-state index contributed by atoms with van der Waals surface area (Å²) < 4.78 is 33.4. The molecule has 0 saturated carbocycles. The number of sulfonamides is 1. The highest BCUT2D eigenvalue weighted by atomic mass is 32.2. The number of rotatable bonds is 6. The fourth-order valence-corrected chi connectivity index (χ4v) is 5.20. The van der Waals surface area contributed by atoms with Crippen LogP contribution >= 0.6 is 0 Å². The molecule has 1 amide bonds. The Hall–Kier alpha value is -3.04. The van der Waals surface area contributed by atoms with E-state index in [4.69, 9.17) is 4.52 Å². The summed E-state index contributed by atoms with van der Waals surface area (Å²) in [5.74, 6) is 1.16. The summed E-state index contributed by atoms with van der Waals surface area (Å²) in [5, 5.41) is 3.86. The molecule has 4 rings (SSSR count). The lowest BCUT2D eigenvalue weighted by Gasteiger charge is -2.31. The van der Waals surface area contributed by atoms with E-state index in [1.807, 2.05) is 17.0 Å². The average Bonchev–Trinajstić information content (AvgIpc) is 3.29. The number of nitrogens with zero attached hydrogens (tertiary/aromatic N) is 3. The average molecular weight is 497 g/mol. The van der Waals surface area contributed by atoms with Crippen molar-refractivity contribution in [2.24, 2.45) is 0 Å². The minimum atomic E-state index is -3.64. The molecule has 1 aliphatic rings. The maximum atomic E-state index is 13.0. The number of piperidine rings is 1. The van der Waals surface area contributed by atoms with E-state index in [-0.39, 0.29) is 28.7 Å². The second-order valence-corrected chi connectivity index (χ2v) is 11.8. The number of carbonyl (C=O) groups excluding carboxylic acids is 1. The summed E-state index contributed by atoms with van der Waals surface area (Å²) in [4.78, 5) is 19.4. The van der Waals surface area contributed by atoms with Gasteiger partial charge in [0, 0.05) is 25.2 Å². The number of aromatic nitrogens is 2. The van der Waals surface area contributed by atoms with Gasteiger partial charge in [0.25, 0.3) is 5.91 Å². The number of likely N-dealkylation sites (tertiary alicyclic amines) is 1. The first-order valence-electron chi connectivity index (χ1n) is 11.8. The molecule has 1 unspecified atom stereocenters. The van der Waals surface area contributed by atoms with Crippen LogP contribution in [0, 0.1) is 6.92 Å². The van der Waals surface area contributed by atoms with Crippen LogP contribution in [0.1, 0.15) is 72.7 Å². The van der Waals surface area contributed by atoms with Gasteiger partial charge in [0.2, 0.25) is 15.9 Å². The Kier molecular flexibility index (Phi) is 7.10. The fraction of sp³-hybridized carbons (Fsp3) is 0.423. The van der Waals surface area contributed by atoms with Crippen LogP contribution in [-0.4, -0.2) is 42.5 Å². The minimum absolute atomic E-state index is 0.0417. The Morgan fingerprint density at radius 1 is 1.11 bits per heavy atom. The Bertz CT molecular complexity index is 1280. The van der Waals surface area contributed by atoms with E-state index >= 15 is 0 Å². The van der Waals surface area contributed by atoms with Crippen molar-refractivity contribution in [3.8, 4) is 0 Å².